The summed E-state index contributed by atoms with van der Waals surface area (Å²) < 4.78 is 0. The minimum Gasteiger partial charge on any atom is -0.293 e. The molecule has 2 aliphatic rings. The van der Waals surface area contributed by atoms with Gasteiger partial charge in [-0.2, -0.15) is 0 Å². The lowest BCUT2D eigenvalue weighted by Gasteiger charge is -2.18. The van der Waals surface area contributed by atoms with Crippen LogP contribution in [0.3, 0.4) is 0 Å². The highest BCUT2D eigenvalue weighted by molar-refractivity contribution is 6.28. The first kappa shape index (κ1) is 20.6. The second-order valence-electron chi connectivity index (χ2n) is 8.11. The number of carbonyl (C=O) groups is 2. The molecule has 2 atom stereocenters. The Morgan fingerprint density at radius 1 is 0.885 bits per heavy atom. The zero-order valence-corrected chi connectivity index (χ0v) is 17.4. The van der Waals surface area contributed by atoms with Crippen molar-refractivity contribution in [3.8, 4) is 0 Å². The molecule has 0 amide bonds. The van der Waals surface area contributed by atoms with E-state index in [1.165, 1.54) is 24.8 Å². The Kier molecular flexibility index (Phi) is 6.97. The molecule has 0 saturated heterocycles. The van der Waals surface area contributed by atoms with Crippen LogP contribution < -0.4 is 0 Å². The minimum atomic E-state index is -0.570. The number of aryl methyl sites for hydroxylation is 3. The molecule has 0 fully saturated rings. The third kappa shape index (κ3) is 4.16. The van der Waals surface area contributed by atoms with Crippen molar-refractivity contribution in [1.29, 1.82) is 0 Å². The number of hydrogen-bond donors (Lipinski definition) is 0. The number of unbranched alkanes of at least 4 members (excludes halogenated alkanes) is 2. The van der Waals surface area contributed by atoms with Gasteiger partial charge in [-0.05, 0) is 68.2 Å². The molecule has 1 aromatic rings. The minimum absolute atomic E-state index is 0.0629. The number of carbonyl (C=O) groups excluding carboxylic acids is 2. The SMILES string of the molecule is CCCCC.Cc1cc(C)c(C2C(=O)C3=C(CC(C)CC3)C2=O)cc1C. The Morgan fingerprint density at radius 3 is 2.04 bits per heavy atom. The van der Waals surface area contributed by atoms with E-state index in [1.54, 1.807) is 0 Å². The molecule has 2 heteroatoms. The number of Topliss-reactive ketones (excluding diaryl/α,β-unsaturated/α-hetero) is 2. The molecule has 2 unspecified atom stereocenters. The molecular formula is C24H34O2. The van der Waals surface area contributed by atoms with E-state index >= 15 is 0 Å². The van der Waals surface area contributed by atoms with Crippen molar-refractivity contribution < 1.29 is 9.59 Å². The topological polar surface area (TPSA) is 34.1 Å². The summed E-state index contributed by atoms with van der Waals surface area (Å²) in [5.74, 6) is 0.0702. The van der Waals surface area contributed by atoms with Crippen molar-refractivity contribution >= 4 is 11.6 Å². The number of benzene rings is 1. The van der Waals surface area contributed by atoms with E-state index in [0.717, 1.165) is 47.1 Å². The lowest BCUT2D eigenvalue weighted by molar-refractivity contribution is -0.123. The van der Waals surface area contributed by atoms with Gasteiger partial charge in [-0.15, -0.1) is 0 Å². The number of allylic oxidation sites excluding steroid dienone is 2. The lowest BCUT2D eigenvalue weighted by atomic mass is 9.86. The van der Waals surface area contributed by atoms with Crippen LogP contribution in [-0.2, 0) is 9.59 Å². The first-order valence-corrected chi connectivity index (χ1v) is 10.2. The van der Waals surface area contributed by atoms with Crippen LogP contribution in [0.2, 0.25) is 0 Å². The van der Waals surface area contributed by atoms with Crippen LogP contribution in [0.4, 0.5) is 0 Å². The molecule has 2 nitrogen and oxygen atoms in total. The fourth-order valence-corrected chi connectivity index (χ4v) is 4.03. The summed E-state index contributed by atoms with van der Waals surface area (Å²) in [7, 11) is 0. The summed E-state index contributed by atoms with van der Waals surface area (Å²) in [6.45, 7) is 12.7. The Hall–Kier alpha value is -1.70. The van der Waals surface area contributed by atoms with Gasteiger partial charge in [-0.3, -0.25) is 9.59 Å². The molecule has 142 valence electrons. The molecule has 0 aliphatic heterocycles. The van der Waals surface area contributed by atoms with Crippen molar-refractivity contribution in [2.45, 2.75) is 86.0 Å². The maximum absolute atomic E-state index is 12.8. The molecular weight excluding hydrogens is 320 g/mol. The first-order chi connectivity index (χ1) is 12.3. The van der Waals surface area contributed by atoms with Crippen LogP contribution in [0.1, 0.15) is 87.5 Å². The van der Waals surface area contributed by atoms with Gasteiger partial charge in [0.15, 0.2) is 11.6 Å². The number of rotatable bonds is 3. The standard InChI is InChI=1S/C19H22O2.C5H12/c1-10-5-6-14-16(7-10)19(21)17(18(14)20)15-9-12(3)11(2)8-13(15)4;1-3-5-4-2/h8-10,17H,5-7H2,1-4H3;3-5H2,1-2H3. The van der Waals surface area contributed by atoms with Crippen LogP contribution in [0.25, 0.3) is 0 Å². The Morgan fingerprint density at radius 2 is 1.46 bits per heavy atom. The summed E-state index contributed by atoms with van der Waals surface area (Å²) in [5.41, 5.74) is 5.96. The largest absolute Gasteiger partial charge is 0.293 e. The van der Waals surface area contributed by atoms with Gasteiger partial charge < -0.3 is 0 Å². The number of hydrogen-bond acceptors (Lipinski definition) is 2. The highest BCUT2D eigenvalue weighted by atomic mass is 16.2. The van der Waals surface area contributed by atoms with E-state index in [0.29, 0.717) is 5.92 Å². The maximum atomic E-state index is 12.8. The van der Waals surface area contributed by atoms with E-state index in [-0.39, 0.29) is 11.6 Å². The monoisotopic (exact) mass is 354 g/mol. The molecule has 1 aromatic carbocycles. The van der Waals surface area contributed by atoms with Crippen molar-refractivity contribution in [2.75, 3.05) is 0 Å². The van der Waals surface area contributed by atoms with Crippen LogP contribution in [0, 0.1) is 26.7 Å². The van der Waals surface area contributed by atoms with Gasteiger partial charge >= 0.3 is 0 Å². The maximum Gasteiger partial charge on any atom is 0.174 e. The third-order valence-corrected chi connectivity index (χ3v) is 5.82. The molecule has 0 spiro atoms. The van der Waals surface area contributed by atoms with Gasteiger partial charge in [-0.1, -0.05) is 52.2 Å². The van der Waals surface area contributed by atoms with Gasteiger partial charge in [0.25, 0.3) is 0 Å². The molecule has 0 N–H and O–H groups in total. The summed E-state index contributed by atoms with van der Waals surface area (Å²) in [5, 5.41) is 0. The average Bonchev–Trinajstić information content (AvgIpc) is 2.83. The third-order valence-electron chi connectivity index (χ3n) is 5.82. The Balaban J connectivity index is 0.000000431. The predicted molar refractivity (Wildman–Crippen MR) is 109 cm³/mol. The van der Waals surface area contributed by atoms with Crippen LogP contribution in [-0.4, -0.2) is 11.6 Å². The van der Waals surface area contributed by atoms with Crippen molar-refractivity contribution in [2.24, 2.45) is 5.92 Å². The second kappa shape index (κ2) is 8.79. The zero-order chi connectivity index (χ0) is 19.4. The second-order valence-corrected chi connectivity index (χ2v) is 8.11. The first-order valence-electron chi connectivity index (χ1n) is 10.2. The fraction of sp³-hybridized carbons (Fsp3) is 0.583. The smallest absolute Gasteiger partial charge is 0.174 e. The highest BCUT2D eigenvalue weighted by Crippen LogP contribution is 2.42. The van der Waals surface area contributed by atoms with E-state index in [4.69, 9.17) is 0 Å². The van der Waals surface area contributed by atoms with Crippen LogP contribution in [0.5, 0.6) is 0 Å². The molecule has 3 rings (SSSR count). The van der Waals surface area contributed by atoms with E-state index in [1.807, 2.05) is 19.9 Å². The van der Waals surface area contributed by atoms with Gasteiger partial charge in [0.1, 0.15) is 5.92 Å². The molecule has 2 aliphatic carbocycles. The van der Waals surface area contributed by atoms with Crippen LogP contribution >= 0.6 is 0 Å². The van der Waals surface area contributed by atoms with Crippen LogP contribution in [0.15, 0.2) is 23.3 Å². The molecule has 0 heterocycles. The fourth-order valence-electron chi connectivity index (χ4n) is 4.03. The number of ketones is 2. The Labute approximate surface area is 159 Å². The van der Waals surface area contributed by atoms with E-state index in [2.05, 4.69) is 33.8 Å². The molecule has 0 saturated carbocycles. The van der Waals surface area contributed by atoms with Crippen molar-refractivity contribution in [3.63, 3.8) is 0 Å². The van der Waals surface area contributed by atoms with Gasteiger partial charge in [-0.25, -0.2) is 0 Å². The summed E-state index contributed by atoms with van der Waals surface area (Å²) >= 11 is 0. The highest BCUT2D eigenvalue weighted by Gasteiger charge is 2.43. The summed E-state index contributed by atoms with van der Waals surface area (Å²) in [6.07, 6.45) is 6.66. The predicted octanol–water partition coefficient (Wildman–Crippen LogP) is 6.16. The van der Waals surface area contributed by atoms with E-state index < -0.39 is 5.92 Å². The van der Waals surface area contributed by atoms with Gasteiger partial charge in [0.05, 0.1) is 0 Å². The lowest BCUT2D eigenvalue weighted by Crippen LogP contribution is -2.17. The molecule has 0 bridgehead atoms. The average molecular weight is 355 g/mol. The van der Waals surface area contributed by atoms with E-state index in [9.17, 15) is 9.59 Å². The zero-order valence-electron chi connectivity index (χ0n) is 17.4. The molecule has 0 aromatic heterocycles. The normalized spacial score (nSPS) is 22.2. The summed E-state index contributed by atoms with van der Waals surface area (Å²) in [6, 6.07) is 4.12. The summed E-state index contributed by atoms with van der Waals surface area (Å²) in [4.78, 5) is 25.5. The Bertz CT molecular complexity index is 722. The van der Waals surface area contributed by atoms with Crippen molar-refractivity contribution in [3.05, 3.63) is 45.5 Å². The quantitative estimate of drug-likeness (QED) is 0.609. The van der Waals surface area contributed by atoms with Gasteiger partial charge in [0.2, 0.25) is 0 Å². The molecule has 26 heavy (non-hydrogen) atoms. The molecule has 0 radical (unpaired) electrons. The van der Waals surface area contributed by atoms with Gasteiger partial charge in [0, 0.05) is 11.1 Å². The van der Waals surface area contributed by atoms with Crippen molar-refractivity contribution in [1.82, 2.24) is 0 Å².